The van der Waals surface area contributed by atoms with Gasteiger partial charge in [-0.15, -0.1) is 0 Å². The molecular formula is C15H14N6. The van der Waals surface area contributed by atoms with E-state index in [1.807, 2.05) is 35.9 Å². The number of hydrogen-bond donors (Lipinski definition) is 2. The van der Waals surface area contributed by atoms with E-state index in [1.54, 1.807) is 18.3 Å². The van der Waals surface area contributed by atoms with Crippen LogP contribution < -0.4 is 10.6 Å². The van der Waals surface area contributed by atoms with Crippen LogP contribution >= 0.6 is 0 Å². The van der Waals surface area contributed by atoms with E-state index in [2.05, 4.69) is 26.7 Å². The molecule has 0 atom stereocenters. The van der Waals surface area contributed by atoms with E-state index in [1.165, 1.54) is 0 Å². The lowest BCUT2D eigenvalue weighted by Gasteiger charge is -2.10. The lowest BCUT2D eigenvalue weighted by atomic mass is 10.2. The predicted molar refractivity (Wildman–Crippen MR) is 81.6 cm³/mol. The molecule has 2 aromatic heterocycles. The van der Waals surface area contributed by atoms with Crippen molar-refractivity contribution in [1.29, 1.82) is 5.26 Å². The van der Waals surface area contributed by atoms with Gasteiger partial charge in [0.1, 0.15) is 5.82 Å². The molecule has 21 heavy (non-hydrogen) atoms. The van der Waals surface area contributed by atoms with Gasteiger partial charge in [0, 0.05) is 24.6 Å². The van der Waals surface area contributed by atoms with Crippen LogP contribution in [0.5, 0.6) is 0 Å². The summed E-state index contributed by atoms with van der Waals surface area (Å²) in [5.74, 6) is 1.41. The van der Waals surface area contributed by atoms with E-state index < -0.39 is 0 Å². The Morgan fingerprint density at radius 1 is 1.38 bits per heavy atom. The summed E-state index contributed by atoms with van der Waals surface area (Å²) >= 11 is 0. The summed E-state index contributed by atoms with van der Waals surface area (Å²) in [6.45, 7) is 2.81. The summed E-state index contributed by atoms with van der Waals surface area (Å²) in [4.78, 5) is 8.83. The fourth-order valence-electron chi connectivity index (χ4n) is 2.09. The highest BCUT2D eigenvalue weighted by Gasteiger charge is 2.08. The highest BCUT2D eigenvalue weighted by Crippen LogP contribution is 2.21. The molecule has 0 aliphatic heterocycles. The van der Waals surface area contributed by atoms with Crippen molar-refractivity contribution in [3.8, 4) is 6.07 Å². The minimum Gasteiger partial charge on any atom is -0.369 e. The second-order valence-electron chi connectivity index (χ2n) is 4.48. The fourth-order valence-corrected chi connectivity index (χ4v) is 2.09. The number of nitrogens with one attached hydrogen (secondary N) is 2. The largest absolute Gasteiger partial charge is 0.369 e. The van der Waals surface area contributed by atoms with Crippen LogP contribution in [0.25, 0.3) is 5.65 Å². The number of nitriles is 1. The van der Waals surface area contributed by atoms with Gasteiger partial charge in [-0.05, 0) is 25.1 Å². The minimum absolute atomic E-state index is 0.599. The molecule has 1 aromatic carbocycles. The summed E-state index contributed by atoms with van der Waals surface area (Å²) in [5, 5.41) is 15.4. The van der Waals surface area contributed by atoms with Crippen molar-refractivity contribution in [2.24, 2.45) is 0 Å². The average molecular weight is 278 g/mol. The molecule has 2 N–H and O–H groups in total. The van der Waals surface area contributed by atoms with Gasteiger partial charge < -0.3 is 15.0 Å². The molecule has 0 unspecified atom stereocenters. The van der Waals surface area contributed by atoms with Gasteiger partial charge in [0.25, 0.3) is 0 Å². The van der Waals surface area contributed by atoms with Crippen LogP contribution in [0, 0.1) is 11.3 Å². The number of anilines is 3. The van der Waals surface area contributed by atoms with Gasteiger partial charge in [0.2, 0.25) is 0 Å². The Bertz CT molecular complexity index is 814. The highest BCUT2D eigenvalue weighted by atomic mass is 15.1. The Kier molecular flexibility index (Phi) is 3.39. The Labute approximate surface area is 122 Å². The third-order valence-electron chi connectivity index (χ3n) is 2.99. The predicted octanol–water partition coefficient (Wildman–Crippen LogP) is 2.78. The van der Waals surface area contributed by atoms with Crippen LogP contribution in [0.2, 0.25) is 0 Å². The third kappa shape index (κ3) is 2.62. The second-order valence-corrected chi connectivity index (χ2v) is 4.48. The minimum atomic E-state index is 0.599. The first-order valence-electron chi connectivity index (χ1n) is 6.65. The summed E-state index contributed by atoms with van der Waals surface area (Å²) < 4.78 is 1.90. The maximum absolute atomic E-state index is 8.96. The van der Waals surface area contributed by atoms with Crippen molar-refractivity contribution in [2.45, 2.75) is 6.92 Å². The quantitative estimate of drug-likeness (QED) is 0.767. The van der Waals surface area contributed by atoms with E-state index in [-0.39, 0.29) is 0 Å². The van der Waals surface area contributed by atoms with Crippen LogP contribution in [0.15, 0.2) is 42.9 Å². The SMILES string of the molecule is CCNc1cn2ccnc2c(Nc2cccc(C#N)c2)n1. The van der Waals surface area contributed by atoms with Crippen molar-refractivity contribution in [1.82, 2.24) is 14.4 Å². The zero-order chi connectivity index (χ0) is 14.7. The van der Waals surface area contributed by atoms with Gasteiger partial charge in [-0.25, -0.2) is 9.97 Å². The Morgan fingerprint density at radius 3 is 3.10 bits per heavy atom. The Hall–Kier alpha value is -3.07. The molecule has 3 rings (SSSR count). The van der Waals surface area contributed by atoms with Crippen molar-refractivity contribution >= 4 is 23.0 Å². The number of imidazole rings is 1. The molecule has 0 radical (unpaired) electrons. The van der Waals surface area contributed by atoms with Crippen molar-refractivity contribution in [3.63, 3.8) is 0 Å². The summed E-state index contributed by atoms with van der Waals surface area (Å²) in [5.41, 5.74) is 2.14. The van der Waals surface area contributed by atoms with Crippen LogP contribution in [0.3, 0.4) is 0 Å². The molecule has 104 valence electrons. The fraction of sp³-hybridized carbons (Fsp3) is 0.133. The number of rotatable bonds is 4. The maximum atomic E-state index is 8.96. The lowest BCUT2D eigenvalue weighted by molar-refractivity contribution is 1.09. The number of nitrogens with zero attached hydrogens (tertiary/aromatic N) is 4. The van der Waals surface area contributed by atoms with E-state index in [9.17, 15) is 0 Å². The first kappa shape index (κ1) is 12.9. The molecule has 0 spiro atoms. The van der Waals surface area contributed by atoms with Crippen LogP contribution in [0.4, 0.5) is 17.3 Å². The molecule has 0 saturated carbocycles. The van der Waals surface area contributed by atoms with E-state index in [0.29, 0.717) is 11.4 Å². The molecule has 0 fully saturated rings. The topological polar surface area (TPSA) is 78.0 Å². The monoisotopic (exact) mass is 278 g/mol. The van der Waals surface area contributed by atoms with Crippen LogP contribution in [0.1, 0.15) is 12.5 Å². The number of hydrogen-bond acceptors (Lipinski definition) is 5. The smallest absolute Gasteiger partial charge is 0.180 e. The van der Waals surface area contributed by atoms with Gasteiger partial charge in [-0.2, -0.15) is 5.26 Å². The zero-order valence-electron chi connectivity index (χ0n) is 11.5. The third-order valence-corrected chi connectivity index (χ3v) is 2.99. The Morgan fingerprint density at radius 2 is 2.29 bits per heavy atom. The normalized spacial score (nSPS) is 10.3. The van der Waals surface area contributed by atoms with Gasteiger partial charge >= 0.3 is 0 Å². The number of benzene rings is 1. The van der Waals surface area contributed by atoms with Gasteiger partial charge in [-0.3, -0.25) is 0 Å². The lowest BCUT2D eigenvalue weighted by Crippen LogP contribution is -2.05. The molecule has 0 amide bonds. The molecule has 2 heterocycles. The molecular weight excluding hydrogens is 264 g/mol. The zero-order valence-corrected chi connectivity index (χ0v) is 11.5. The van der Waals surface area contributed by atoms with E-state index >= 15 is 0 Å². The molecule has 0 aliphatic carbocycles. The van der Waals surface area contributed by atoms with Gasteiger partial charge in [0.15, 0.2) is 11.5 Å². The molecule has 0 aliphatic rings. The van der Waals surface area contributed by atoms with Crippen molar-refractivity contribution in [3.05, 3.63) is 48.4 Å². The Balaban J connectivity index is 2.02. The van der Waals surface area contributed by atoms with Gasteiger partial charge in [0.05, 0.1) is 17.8 Å². The molecule has 3 aromatic rings. The van der Waals surface area contributed by atoms with Crippen LogP contribution in [-0.2, 0) is 0 Å². The van der Waals surface area contributed by atoms with Crippen molar-refractivity contribution < 1.29 is 0 Å². The number of fused-ring (bicyclic) bond motifs is 1. The summed E-state index contributed by atoms with van der Waals surface area (Å²) in [6, 6.07) is 9.39. The average Bonchev–Trinajstić information content (AvgIpc) is 2.96. The molecule has 0 bridgehead atoms. The summed E-state index contributed by atoms with van der Waals surface area (Å²) in [7, 11) is 0. The van der Waals surface area contributed by atoms with Crippen LogP contribution in [-0.4, -0.2) is 20.9 Å². The number of aromatic nitrogens is 3. The van der Waals surface area contributed by atoms with E-state index in [4.69, 9.17) is 5.26 Å². The summed E-state index contributed by atoms with van der Waals surface area (Å²) in [6.07, 6.45) is 5.49. The van der Waals surface area contributed by atoms with Gasteiger partial charge in [-0.1, -0.05) is 6.07 Å². The molecule has 0 saturated heterocycles. The van der Waals surface area contributed by atoms with Crippen molar-refractivity contribution in [2.75, 3.05) is 17.2 Å². The first-order valence-corrected chi connectivity index (χ1v) is 6.65. The standard InChI is InChI=1S/C15H14N6/c1-2-17-13-10-21-7-6-18-15(21)14(20-13)19-12-5-3-4-11(8-12)9-16/h3-8,10,17H,2H2,1H3,(H,19,20). The second kappa shape index (κ2) is 5.51. The molecule has 6 nitrogen and oxygen atoms in total. The molecule has 6 heteroatoms. The van der Waals surface area contributed by atoms with E-state index in [0.717, 1.165) is 23.7 Å². The maximum Gasteiger partial charge on any atom is 0.180 e. The first-order chi connectivity index (χ1) is 10.3. The highest BCUT2D eigenvalue weighted by molar-refractivity contribution is 5.72.